The van der Waals surface area contributed by atoms with E-state index in [1.54, 1.807) is 0 Å². The van der Waals surface area contributed by atoms with Crippen LogP contribution in [0.4, 0.5) is 5.69 Å². The van der Waals surface area contributed by atoms with Gasteiger partial charge in [0.1, 0.15) is 5.69 Å². The normalized spacial score (nSPS) is 10.6. The van der Waals surface area contributed by atoms with Crippen molar-refractivity contribution in [1.29, 1.82) is 0 Å². The summed E-state index contributed by atoms with van der Waals surface area (Å²) in [7, 11) is 1.45. The number of nitrogens with zero attached hydrogens (tertiary/aromatic N) is 3. The minimum Gasteiger partial charge on any atom is -0.355 e. The van der Waals surface area contributed by atoms with Crippen LogP contribution < -0.4 is 10.6 Å². The van der Waals surface area contributed by atoms with Gasteiger partial charge in [0.05, 0.1) is 32.5 Å². The standard InChI is InChI=1S/C17H11Cl4N5O2/c1-22-16(27)10-4-8(18)5-11(20)14(10)25-17(28)13-2-3-24-26(13)15-12(21)6-9(19)7-23-15/h2-7H,1H3,(H,22,27)(H,25,28). The Bertz CT molecular complexity index is 1080. The lowest BCUT2D eigenvalue weighted by molar-refractivity contribution is 0.0964. The van der Waals surface area contributed by atoms with Crippen LogP contribution in [0.3, 0.4) is 0 Å². The number of hydrogen-bond donors (Lipinski definition) is 2. The maximum Gasteiger partial charge on any atom is 0.274 e. The zero-order valence-electron chi connectivity index (χ0n) is 14.1. The Morgan fingerprint density at radius 2 is 1.71 bits per heavy atom. The first kappa shape index (κ1) is 20.4. The van der Waals surface area contributed by atoms with Crippen LogP contribution >= 0.6 is 46.4 Å². The first-order valence-electron chi connectivity index (χ1n) is 7.69. The highest BCUT2D eigenvalue weighted by Crippen LogP contribution is 2.31. The Kier molecular flexibility index (Phi) is 6.10. The number of halogens is 4. The summed E-state index contributed by atoms with van der Waals surface area (Å²) in [5.41, 5.74) is 0.339. The molecule has 0 unspecified atom stereocenters. The highest BCUT2D eigenvalue weighted by atomic mass is 35.5. The summed E-state index contributed by atoms with van der Waals surface area (Å²) >= 11 is 24.2. The van der Waals surface area contributed by atoms with Crippen LogP contribution in [0, 0.1) is 0 Å². The van der Waals surface area contributed by atoms with E-state index in [1.165, 1.54) is 48.4 Å². The molecule has 0 radical (unpaired) electrons. The van der Waals surface area contributed by atoms with E-state index in [0.717, 1.165) is 0 Å². The molecule has 2 amide bonds. The van der Waals surface area contributed by atoms with E-state index < -0.39 is 11.8 Å². The molecule has 0 saturated heterocycles. The van der Waals surface area contributed by atoms with E-state index in [4.69, 9.17) is 46.4 Å². The molecule has 2 aromatic heterocycles. The van der Waals surface area contributed by atoms with E-state index in [0.29, 0.717) is 5.02 Å². The second-order valence-electron chi connectivity index (χ2n) is 5.43. The Labute approximate surface area is 179 Å². The van der Waals surface area contributed by atoms with Crippen molar-refractivity contribution in [3.05, 3.63) is 68.0 Å². The van der Waals surface area contributed by atoms with Gasteiger partial charge in [-0.25, -0.2) is 9.67 Å². The lowest BCUT2D eigenvalue weighted by Gasteiger charge is -2.14. The smallest absolute Gasteiger partial charge is 0.274 e. The van der Waals surface area contributed by atoms with Crippen molar-refractivity contribution in [2.24, 2.45) is 0 Å². The summed E-state index contributed by atoms with van der Waals surface area (Å²) in [4.78, 5) is 29.1. The van der Waals surface area contributed by atoms with Gasteiger partial charge in [-0.05, 0) is 24.3 Å². The average molecular weight is 459 g/mol. The average Bonchev–Trinajstić information content (AvgIpc) is 3.12. The molecule has 0 aliphatic heterocycles. The van der Waals surface area contributed by atoms with E-state index in [1.807, 2.05) is 0 Å². The van der Waals surface area contributed by atoms with Gasteiger partial charge < -0.3 is 10.6 Å². The number of amides is 2. The molecule has 0 bridgehead atoms. The number of anilines is 1. The maximum absolute atomic E-state index is 12.9. The van der Waals surface area contributed by atoms with E-state index >= 15 is 0 Å². The van der Waals surface area contributed by atoms with Crippen LogP contribution in [0.25, 0.3) is 5.82 Å². The number of carbonyl (C=O) groups is 2. The van der Waals surface area contributed by atoms with Crippen LogP contribution in [0.5, 0.6) is 0 Å². The van der Waals surface area contributed by atoms with Gasteiger partial charge in [0.15, 0.2) is 5.82 Å². The molecule has 28 heavy (non-hydrogen) atoms. The van der Waals surface area contributed by atoms with Gasteiger partial charge >= 0.3 is 0 Å². The lowest BCUT2D eigenvalue weighted by atomic mass is 10.1. The Hall–Kier alpha value is -2.32. The van der Waals surface area contributed by atoms with Gasteiger partial charge in [-0.2, -0.15) is 5.10 Å². The predicted molar refractivity (Wildman–Crippen MR) is 109 cm³/mol. The fourth-order valence-corrected chi connectivity index (χ4v) is 3.40. The number of aromatic nitrogens is 3. The highest BCUT2D eigenvalue weighted by molar-refractivity contribution is 6.38. The van der Waals surface area contributed by atoms with E-state index in [9.17, 15) is 9.59 Å². The molecular weight excluding hydrogens is 448 g/mol. The van der Waals surface area contributed by atoms with Crippen molar-refractivity contribution in [2.45, 2.75) is 0 Å². The molecule has 0 aliphatic carbocycles. The van der Waals surface area contributed by atoms with Gasteiger partial charge in [-0.1, -0.05) is 46.4 Å². The molecule has 144 valence electrons. The van der Waals surface area contributed by atoms with Crippen LogP contribution in [0.15, 0.2) is 36.7 Å². The van der Waals surface area contributed by atoms with Crippen molar-refractivity contribution in [3.8, 4) is 5.82 Å². The fourth-order valence-electron chi connectivity index (χ4n) is 2.40. The van der Waals surface area contributed by atoms with Gasteiger partial charge in [0.25, 0.3) is 11.8 Å². The molecule has 0 saturated carbocycles. The summed E-state index contributed by atoms with van der Waals surface area (Å²) < 4.78 is 1.25. The summed E-state index contributed by atoms with van der Waals surface area (Å²) in [6.07, 6.45) is 2.79. The third-order valence-corrected chi connectivity index (χ3v) is 4.63. The van der Waals surface area contributed by atoms with Crippen molar-refractivity contribution >= 4 is 63.9 Å². The molecule has 2 heterocycles. The van der Waals surface area contributed by atoms with Crippen molar-refractivity contribution in [3.63, 3.8) is 0 Å². The summed E-state index contributed by atoms with van der Waals surface area (Å²) in [6, 6.07) is 5.76. The molecular formula is C17H11Cl4N5O2. The molecule has 3 aromatic rings. The third-order valence-electron chi connectivity index (χ3n) is 3.63. The first-order valence-corrected chi connectivity index (χ1v) is 9.21. The zero-order chi connectivity index (χ0) is 20.4. The number of carbonyl (C=O) groups excluding carboxylic acids is 2. The second kappa shape index (κ2) is 8.36. The van der Waals surface area contributed by atoms with Crippen LogP contribution in [0.1, 0.15) is 20.8 Å². The molecule has 2 N–H and O–H groups in total. The molecule has 0 aliphatic rings. The molecule has 0 atom stereocenters. The van der Waals surface area contributed by atoms with Crippen molar-refractivity contribution in [1.82, 2.24) is 20.1 Å². The molecule has 0 fully saturated rings. The topological polar surface area (TPSA) is 88.9 Å². The van der Waals surface area contributed by atoms with E-state index in [-0.39, 0.29) is 37.8 Å². The molecule has 0 spiro atoms. The predicted octanol–water partition coefficient (Wildman–Crippen LogP) is 4.49. The van der Waals surface area contributed by atoms with Gasteiger partial charge in [0, 0.05) is 18.3 Å². The fraction of sp³-hybridized carbons (Fsp3) is 0.0588. The number of benzene rings is 1. The monoisotopic (exact) mass is 457 g/mol. The number of pyridine rings is 1. The van der Waals surface area contributed by atoms with Crippen LogP contribution in [-0.2, 0) is 0 Å². The Balaban J connectivity index is 2.00. The zero-order valence-corrected chi connectivity index (χ0v) is 17.2. The summed E-state index contributed by atoms with van der Waals surface area (Å²) in [5, 5.41) is 10.1. The Morgan fingerprint density at radius 1 is 1.00 bits per heavy atom. The van der Waals surface area contributed by atoms with Crippen molar-refractivity contribution in [2.75, 3.05) is 12.4 Å². The van der Waals surface area contributed by atoms with Gasteiger partial charge in [-0.3, -0.25) is 9.59 Å². The minimum atomic E-state index is -0.584. The van der Waals surface area contributed by atoms with Crippen LogP contribution in [-0.4, -0.2) is 33.6 Å². The summed E-state index contributed by atoms with van der Waals surface area (Å²) in [6.45, 7) is 0. The first-order chi connectivity index (χ1) is 13.3. The number of rotatable bonds is 4. The van der Waals surface area contributed by atoms with Crippen molar-refractivity contribution < 1.29 is 9.59 Å². The molecule has 7 nitrogen and oxygen atoms in total. The number of nitrogens with one attached hydrogen (secondary N) is 2. The quantitative estimate of drug-likeness (QED) is 0.602. The van der Waals surface area contributed by atoms with Crippen LogP contribution in [0.2, 0.25) is 20.1 Å². The molecule has 1 aromatic carbocycles. The highest BCUT2D eigenvalue weighted by Gasteiger charge is 2.21. The third kappa shape index (κ3) is 4.07. The minimum absolute atomic E-state index is 0.105. The summed E-state index contributed by atoms with van der Waals surface area (Å²) in [5.74, 6) is -0.828. The largest absolute Gasteiger partial charge is 0.355 e. The maximum atomic E-state index is 12.9. The SMILES string of the molecule is CNC(=O)c1cc(Cl)cc(Cl)c1NC(=O)c1ccnn1-c1ncc(Cl)cc1Cl. The molecule has 3 rings (SSSR count). The second-order valence-corrected chi connectivity index (χ2v) is 7.12. The number of hydrogen-bond acceptors (Lipinski definition) is 4. The van der Waals surface area contributed by atoms with E-state index in [2.05, 4.69) is 20.7 Å². The lowest BCUT2D eigenvalue weighted by Crippen LogP contribution is -2.23. The van der Waals surface area contributed by atoms with Gasteiger partial charge in [-0.15, -0.1) is 0 Å². The molecule has 11 heteroatoms. The Morgan fingerprint density at radius 3 is 2.39 bits per heavy atom. The van der Waals surface area contributed by atoms with Gasteiger partial charge in [0.2, 0.25) is 0 Å².